The van der Waals surface area contributed by atoms with E-state index in [1.54, 1.807) is 12.4 Å². The average molecular weight is 558 g/mol. The number of thiazole rings is 1. The summed E-state index contributed by atoms with van der Waals surface area (Å²) >= 11 is 8.55. The highest BCUT2D eigenvalue weighted by Crippen LogP contribution is 2.30. The van der Waals surface area contributed by atoms with E-state index in [2.05, 4.69) is 52.5 Å². The van der Waals surface area contributed by atoms with E-state index in [1.165, 1.54) is 11.3 Å². The number of nitrogens with zero attached hydrogens (tertiary/aromatic N) is 2. The first kappa shape index (κ1) is 21.7. The number of aryl methyl sites for hydroxylation is 1. The number of pyridine rings is 1. The first-order valence-corrected chi connectivity index (χ1v) is 11.9. The van der Waals surface area contributed by atoms with Crippen LogP contribution in [0.1, 0.15) is 21.5 Å². The predicted octanol–water partition coefficient (Wildman–Crippen LogP) is 7.34. The van der Waals surface area contributed by atoms with Gasteiger partial charge in [0.05, 0.1) is 5.69 Å². The van der Waals surface area contributed by atoms with Crippen LogP contribution < -0.4 is 10.6 Å². The van der Waals surface area contributed by atoms with Gasteiger partial charge in [-0.25, -0.2) is 4.98 Å². The van der Waals surface area contributed by atoms with Crippen LogP contribution in [0.2, 0.25) is 0 Å². The van der Waals surface area contributed by atoms with E-state index in [0.717, 1.165) is 42.1 Å². The third-order valence-corrected chi connectivity index (χ3v) is 7.17. The molecule has 31 heavy (non-hydrogen) atoms. The second-order valence-corrected chi connectivity index (χ2v) is 9.51. The van der Waals surface area contributed by atoms with Crippen LogP contribution in [0.25, 0.3) is 11.3 Å². The molecule has 4 aromatic rings. The van der Waals surface area contributed by atoms with E-state index < -0.39 is 0 Å². The molecule has 0 aliphatic rings. The summed E-state index contributed by atoms with van der Waals surface area (Å²) in [6, 6.07) is 13.2. The molecule has 8 heteroatoms. The van der Waals surface area contributed by atoms with Gasteiger partial charge in [-0.3, -0.25) is 9.78 Å². The Morgan fingerprint density at radius 1 is 1.00 bits per heavy atom. The zero-order valence-corrected chi connectivity index (χ0v) is 20.7. The highest BCUT2D eigenvalue weighted by atomic mass is 79.9. The topological polar surface area (TPSA) is 66.9 Å². The molecule has 0 saturated heterocycles. The van der Waals surface area contributed by atoms with Gasteiger partial charge in [-0.2, -0.15) is 0 Å². The molecule has 2 N–H and O–H groups in total. The van der Waals surface area contributed by atoms with Gasteiger partial charge in [0.15, 0.2) is 5.13 Å². The first-order chi connectivity index (χ1) is 14.9. The van der Waals surface area contributed by atoms with Crippen LogP contribution in [0.5, 0.6) is 0 Å². The molecule has 0 fully saturated rings. The van der Waals surface area contributed by atoms with E-state index in [0.29, 0.717) is 11.3 Å². The van der Waals surface area contributed by atoms with Crippen molar-refractivity contribution in [3.05, 3.63) is 85.9 Å². The second-order valence-electron chi connectivity index (χ2n) is 6.95. The first-order valence-electron chi connectivity index (χ1n) is 9.41. The Bertz CT molecular complexity index is 1230. The van der Waals surface area contributed by atoms with Gasteiger partial charge in [-0.15, -0.1) is 11.3 Å². The summed E-state index contributed by atoms with van der Waals surface area (Å²) in [6.45, 7) is 3.99. The lowest BCUT2D eigenvalue weighted by atomic mass is 10.1. The number of anilines is 3. The summed E-state index contributed by atoms with van der Waals surface area (Å²) in [5.41, 5.74) is 6.12. The van der Waals surface area contributed by atoms with Crippen molar-refractivity contribution in [2.24, 2.45) is 0 Å². The van der Waals surface area contributed by atoms with E-state index in [9.17, 15) is 4.79 Å². The van der Waals surface area contributed by atoms with Crippen molar-refractivity contribution in [3.63, 3.8) is 0 Å². The minimum Gasteiger partial charge on any atom is -0.331 e. The average Bonchev–Trinajstić information content (AvgIpc) is 3.22. The lowest BCUT2D eigenvalue weighted by Gasteiger charge is -2.12. The fraction of sp³-hybridized carbons (Fsp3) is 0.0870. The van der Waals surface area contributed by atoms with Gasteiger partial charge in [-0.05, 0) is 61.4 Å². The molecule has 156 valence electrons. The molecule has 5 nitrogen and oxygen atoms in total. The summed E-state index contributed by atoms with van der Waals surface area (Å²) in [4.78, 5) is 21.5. The Balaban J connectivity index is 1.53. The maximum absolute atomic E-state index is 12.8. The van der Waals surface area contributed by atoms with Gasteiger partial charge in [0.25, 0.3) is 5.91 Å². The van der Waals surface area contributed by atoms with Crippen LogP contribution in [0, 0.1) is 13.8 Å². The van der Waals surface area contributed by atoms with Crippen molar-refractivity contribution in [2.45, 2.75) is 13.8 Å². The Labute approximate surface area is 201 Å². The molecule has 0 bridgehead atoms. The smallest absolute Gasteiger partial charge is 0.255 e. The molecule has 0 radical (unpaired) electrons. The monoisotopic (exact) mass is 556 g/mol. The molecule has 0 spiro atoms. The van der Waals surface area contributed by atoms with E-state index in [-0.39, 0.29) is 5.91 Å². The molecule has 0 saturated carbocycles. The molecule has 4 rings (SSSR count). The standard InChI is InChI=1S/C23H18Br2N4OS/c1-13-3-4-16(22(30)27-17-10-18(24)14(2)19(25)11-17)9-20(13)28-23-29-21(12-31-23)15-5-7-26-8-6-15/h3-12H,1-2H3,(H,27,30)(H,28,29). The van der Waals surface area contributed by atoms with E-state index >= 15 is 0 Å². The number of hydrogen-bond donors (Lipinski definition) is 2. The number of nitrogens with one attached hydrogen (secondary N) is 2. The second kappa shape index (κ2) is 9.30. The minimum atomic E-state index is -0.178. The van der Waals surface area contributed by atoms with Crippen LogP contribution >= 0.6 is 43.2 Å². The highest BCUT2D eigenvalue weighted by Gasteiger charge is 2.12. The van der Waals surface area contributed by atoms with Gasteiger partial charge in [-0.1, -0.05) is 37.9 Å². The summed E-state index contributed by atoms with van der Waals surface area (Å²) in [5, 5.41) is 9.06. The van der Waals surface area contributed by atoms with Crippen molar-refractivity contribution < 1.29 is 4.79 Å². The molecule has 0 aliphatic carbocycles. The number of hydrogen-bond acceptors (Lipinski definition) is 5. The summed E-state index contributed by atoms with van der Waals surface area (Å²) in [5.74, 6) is -0.178. The Hall–Kier alpha value is -2.55. The third kappa shape index (κ3) is 5.03. The number of carbonyl (C=O) groups excluding carboxylic acids is 1. The Kier molecular flexibility index (Phi) is 6.50. The lowest BCUT2D eigenvalue weighted by Crippen LogP contribution is -2.12. The van der Waals surface area contributed by atoms with Gasteiger partial charge in [0.1, 0.15) is 0 Å². The number of amides is 1. The van der Waals surface area contributed by atoms with Crippen LogP contribution in [-0.2, 0) is 0 Å². The van der Waals surface area contributed by atoms with Gasteiger partial charge in [0.2, 0.25) is 0 Å². The van der Waals surface area contributed by atoms with Crippen LogP contribution in [-0.4, -0.2) is 15.9 Å². The van der Waals surface area contributed by atoms with Crippen LogP contribution in [0.4, 0.5) is 16.5 Å². The lowest BCUT2D eigenvalue weighted by molar-refractivity contribution is 0.102. The van der Waals surface area contributed by atoms with Crippen molar-refractivity contribution in [3.8, 4) is 11.3 Å². The SMILES string of the molecule is Cc1ccc(C(=O)Nc2cc(Br)c(C)c(Br)c2)cc1Nc1nc(-c2ccncc2)cs1. The molecule has 2 aromatic heterocycles. The largest absolute Gasteiger partial charge is 0.331 e. The predicted molar refractivity (Wildman–Crippen MR) is 134 cm³/mol. The minimum absolute atomic E-state index is 0.178. The Morgan fingerprint density at radius 3 is 2.42 bits per heavy atom. The molecule has 0 aliphatic heterocycles. The zero-order valence-electron chi connectivity index (χ0n) is 16.7. The molecule has 2 heterocycles. The maximum atomic E-state index is 12.8. The van der Waals surface area contributed by atoms with E-state index in [4.69, 9.17) is 0 Å². The fourth-order valence-corrected chi connectivity index (χ4v) is 4.84. The van der Waals surface area contributed by atoms with Gasteiger partial charge >= 0.3 is 0 Å². The van der Waals surface area contributed by atoms with Gasteiger partial charge < -0.3 is 10.6 Å². The molecular formula is C23H18Br2N4OS. The number of carbonyl (C=O) groups is 1. The van der Waals surface area contributed by atoms with Crippen molar-refractivity contribution >= 4 is 65.6 Å². The number of rotatable bonds is 5. The zero-order chi connectivity index (χ0) is 22.0. The maximum Gasteiger partial charge on any atom is 0.255 e. The molecule has 1 amide bonds. The van der Waals surface area contributed by atoms with Crippen LogP contribution in [0.15, 0.2) is 69.2 Å². The van der Waals surface area contributed by atoms with Crippen LogP contribution in [0.3, 0.4) is 0 Å². The molecule has 2 aromatic carbocycles. The number of benzene rings is 2. The summed E-state index contributed by atoms with van der Waals surface area (Å²) in [6.07, 6.45) is 3.50. The molecule has 0 unspecified atom stereocenters. The van der Waals surface area contributed by atoms with E-state index in [1.807, 2.05) is 61.7 Å². The quantitative estimate of drug-likeness (QED) is 0.269. The number of aromatic nitrogens is 2. The summed E-state index contributed by atoms with van der Waals surface area (Å²) < 4.78 is 1.86. The summed E-state index contributed by atoms with van der Waals surface area (Å²) in [7, 11) is 0. The number of halogens is 2. The Morgan fingerprint density at radius 2 is 1.71 bits per heavy atom. The van der Waals surface area contributed by atoms with Gasteiger partial charge in [0, 0.05) is 49.2 Å². The highest BCUT2D eigenvalue weighted by molar-refractivity contribution is 9.11. The normalized spacial score (nSPS) is 10.7. The van der Waals surface area contributed by atoms with Crippen molar-refractivity contribution in [1.82, 2.24) is 9.97 Å². The van der Waals surface area contributed by atoms with Crippen molar-refractivity contribution in [2.75, 3.05) is 10.6 Å². The molecule has 0 atom stereocenters. The molecular weight excluding hydrogens is 540 g/mol. The van der Waals surface area contributed by atoms with Crippen molar-refractivity contribution in [1.29, 1.82) is 0 Å². The fourth-order valence-electron chi connectivity index (χ4n) is 2.92. The third-order valence-electron chi connectivity index (χ3n) is 4.76.